The van der Waals surface area contributed by atoms with E-state index in [1.807, 2.05) is 0 Å². The first-order chi connectivity index (χ1) is 11.8. The monoisotopic (exact) mass is 388 g/mol. The lowest BCUT2D eigenvalue weighted by Gasteiger charge is -2.23. The van der Waals surface area contributed by atoms with Crippen LogP contribution in [0.25, 0.3) is 0 Å². The molecule has 1 aliphatic heterocycles. The smallest absolute Gasteiger partial charge is 0.313 e. The average molecular weight is 389 g/mol. The molecule has 0 aromatic heterocycles. The van der Waals surface area contributed by atoms with Gasteiger partial charge in [-0.25, -0.2) is 0 Å². The number of carboxylic acids is 1. The molecule has 0 aliphatic carbocycles. The number of ether oxygens (including phenoxy) is 1. The minimum absolute atomic E-state index is 0.0227. The molecule has 1 fully saturated rings. The van der Waals surface area contributed by atoms with Crippen molar-refractivity contribution in [3.05, 3.63) is 33.3 Å². The second-order valence-electron chi connectivity index (χ2n) is 5.74. The predicted octanol–water partition coefficient (Wildman–Crippen LogP) is 2.29. The number of hydrogen-bond acceptors (Lipinski definition) is 6. The van der Waals surface area contributed by atoms with Crippen molar-refractivity contribution >= 4 is 40.9 Å². The molecule has 2 rings (SSSR count). The summed E-state index contributed by atoms with van der Waals surface area (Å²) in [6.07, 6.45) is 0.313. The lowest BCUT2D eigenvalue weighted by molar-refractivity contribution is -0.387. The molecule has 10 heteroatoms. The van der Waals surface area contributed by atoms with E-state index in [1.165, 1.54) is 30.2 Å². The molecule has 25 heavy (non-hydrogen) atoms. The molecule has 1 saturated heterocycles. The SMILES string of the molecule is COCC1(C(=O)O)CCN(C(=O)CSc2ccc(Cl)cc2[N+](=O)[O-])C1. The number of nitrogens with zero attached hydrogens (tertiary/aromatic N) is 2. The highest BCUT2D eigenvalue weighted by atomic mass is 35.5. The van der Waals surface area contributed by atoms with Crippen molar-refractivity contribution in [2.75, 3.05) is 32.6 Å². The molecule has 1 amide bonds. The molecule has 1 heterocycles. The second kappa shape index (κ2) is 8.03. The summed E-state index contributed by atoms with van der Waals surface area (Å²) in [5.41, 5.74) is -1.26. The summed E-state index contributed by atoms with van der Waals surface area (Å²) in [4.78, 5) is 36.2. The maximum absolute atomic E-state index is 12.4. The van der Waals surface area contributed by atoms with Crippen molar-refractivity contribution in [2.45, 2.75) is 11.3 Å². The zero-order valence-corrected chi connectivity index (χ0v) is 15.0. The number of likely N-dealkylation sites (tertiary alicyclic amines) is 1. The Labute approximate surface area is 153 Å². The number of nitro benzene ring substituents is 1. The normalized spacial score (nSPS) is 19.8. The Balaban J connectivity index is 2.02. The molecule has 1 atom stereocenters. The molecular weight excluding hydrogens is 372 g/mol. The number of benzene rings is 1. The van der Waals surface area contributed by atoms with Crippen LogP contribution in [0.3, 0.4) is 0 Å². The van der Waals surface area contributed by atoms with Crippen molar-refractivity contribution in [3.63, 3.8) is 0 Å². The van der Waals surface area contributed by atoms with Crippen molar-refractivity contribution in [1.29, 1.82) is 0 Å². The number of carbonyl (C=O) groups is 2. The number of rotatable bonds is 7. The maximum atomic E-state index is 12.4. The molecule has 8 nitrogen and oxygen atoms in total. The summed E-state index contributed by atoms with van der Waals surface area (Å²) < 4.78 is 4.99. The number of halogens is 1. The van der Waals surface area contributed by atoms with E-state index in [-0.39, 0.29) is 35.5 Å². The molecule has 1 aliphatic rings. The van der Waals surface area contributed by atoms with Crippen LogP contribution in [0.5, 0.6) is 0 Å². The van der Waals surface area contributed by atoms with E-state index in [9.17, 15) is 24.8 Å². The highest BCUT2D eigenvalue weighted by molar-refractivity contribution is 8.00. The van der Waals surface area contributed by atoms with E-state index in [2.05, 4.69) is 0 Å². The Bertz CT molecular complexity index is 701. The third-order valence-corrected chi connectivity index (χ3v) is 5.33. The van der Waals surface area contributed by atoms with Gasteiger partial charge < -0.3 is 14.7 Å². The van der Waals surface area contributed by atoms with Gasteiger partial charge in [0.1, 0.15) is 5.41 Å². The number of methoxy groups -OCH3 is 1. The molecule has 1 aromatic carbocycles. The molecule has 1 unspecified atom stereocenters. The van der Waals surface area contributed by atoms with Crippen LogP contribution in [-0.2, 0) is 14.3 Å². The first-order valence-electron chi connectivity index (χ1n) is 7.36. The third-order valence-electron chi connectivity index (χ3n) is 4.05. The van der Waals surface area contributed by atoms with Gasteiger partial charge >= 0.3 is 5.97 Å². The standard InChI is InChI=1S/C15H17ClN2O6S/c1-24-9-15(14(20)21)4-5-17(8-15)13(19)7-25-12-3-2-10(16)6-11(12)18(22)23/h2-3,6H,4-5,7-9H2,1H3,(H,20,21). The molecule has 0 saturated carbocycles. The van der Waals surface area contributed by atoms with Crippen LogP contribution in [0.4, 0.5) is 5.69 Å². The van der Waals surface area contributed by atoms with Crippen molar-refractivity contribution in [2.24, 2.45) is 5.41 Å². The van der Waals surface area contributed by atoms with Gasteiger partial charge in [0.05, 0.1) is 22.2 Å². The quantitative estimate of drug-likeness (QED) is 0.433. The van der Waals surface area contributed by atoms with Crippen LogP contribution in [0.1, 0.15) is 6.42 Å². The predicted molar refractivity (Wildman–Crippen MR) is 92.0 cm³/mol. The third kappa shape index (κ3) is 4.42. The van der Waals surface area contributed by atoms with E-state index in [1.54, 1.807) is 0 Å². The van der Waals surface area contributed by atoms with Gasteiger partial charge in [0, 0.05) is 31.3 Å². The first kappa shape index (κ1) is 19.5. The van der Waals surface area contributed by atoms with Crippen molar-refractivity contribution < 1.29 is 24.4 Å². The molecule has 1 N–H and O–H groups in total. The van der Waals surface area contributed by atoms with Gasteiger partial charge in [-0.3, -0.25) is 19.7 Å². The van der Waals surface area contributed by atoms with Crippen LogP contribution in [-0.4, -0.2) is 59.4 Å². The lowest BCUT2D eigenvalue weighted by atomic mass is 9.88. The Morgan fingerprint density at radius 1 is 1.52 bits per heavy atom. The molecule has 136 valence electrons. The van der Waals surface area contributed by atoms with E-state index in [4.69, 9.17) is 16.3 Å². The van der Waals surface area contributed by atoms with Gasteiger partial charge in [-0.1, -0.05) is 11.6 Å². The zero-order valence-electron chi connectivity index (χ0n) is 13.4. The largest absolute Gasteiger partial charge is 0.481 e. The lowest BCUT2D eigenvalue weighted by Crippen LogP contribution is -2.40. The first-order valence-corrected chi connectivity index (χ1v) is 8.72. The van der Waals surface area contributed by atoms with Crippen LogP contribution >= 0.6 is 23.4 Å². The molecule has 0 radical (unpaired) electrons. The summed E-state index contributed by atoms with van der Waals surface area (Å²) in [6.45, 7) is 0.415. The average Bonchev–Trinajstić information content (AvgIpc) is 2.99. The Morgan fingerprint density at radius 2 is 2.24 bits per heavy atom. The maximum Gasteiger partial charge on any atom is 0.313 e. The topological polar surface area (TPSA) is 110 Å². The number of carboxylic acid groups (broad SMARTS) is 1. The number of aliphatic carboxylic acids is 1. The molecular formula is C15H17ClN2O6S. The Kier molecular flexibility index (Phi) is 6.26. The number of nitro groups is 1. The fraction of sp³-hybridized carbons (Fsp3) is 0.467. The number of hydrogen-bond donors (Lipinski definition) is 1. The summed E-state index contributed by atoms with van der Waals surface area (Å²) in [5, 5.41) is 20.7. The number of amides is 1. The Morgan fingerprint density at radius 3 is 2.84 bits per heavy atom. The Hall–Kier alpha value is -1.84. The minimum atomic E-state index is -1.10. The van der Waals surface area contributed by atoms with Crippen LogP contribution in [0.15, 0.2) is 23.1 Å². The molecule has 1 aromatic rings. The van der Waals surface area contributed by atoms with Gasteiger partial charge in [0.2, 0.25) is 5.91 Å². The van der Waals surface area contributed by atoms with E-state index in [0.29, 0.717) is 17.9 Å². The molecule has 0 bridgehead atoms. The summed E-state index contributed by atoms with van der Waals surface area (Å²) in [7, 11) is 1.42. The molecule has 0 spiro atoms. The van der Waals surface area contributed by atoms with E-state index in [0.717, 1.165) is 11.8 Å². The van der Waals surface area contributed by atoms with Gasteiger partial charge in [0.15, 0.2) is 0 Å². The van der Waals surface area contributed by atoms with Crippen LogP contribution < -0.4 is 0 Å². The number of thioether (sulfide) groups is 1. The summed E-state index contributed by atoms with van der Waals surface area (Å²) in [6, 6.07) is 4.25. The van der Waals surface area contributed by atoms with E-state index < -0.39 is 16.3 Å². The summed E-state index contributed by atoms with van der Waals surface area (Å²) >= 11 is 6.79. The number of carbonyl (C=O) groups excluding carboxylic acids is 1. The minimum Gasteiger partial charge on any atom is -0.481 e. The van der Waals surface area contributed by atoms with Gasteiger partial charge in [-0.15, -0.1) is 11.8 Å². The zero-order chi connectivity index (χ0) is 18.6. The van der Waals surface area contributed by atoms with Crippen LogP contribution in [0.2, 0.25) is 5.02 Å². The fourth-order valence-corrected chi connectivity index (χ4v) is 3.78. The van der Waals surface area contributed by atoms with Gasteiger partial charge in [-0.05, 0) is 18.6 Å². The van der Waals surface area contributed by atoms with Crippen LogP contribution in [0, 0.1) is 15.5 Å². The highest BCUT2D eigenvalue weighted by Gasteiger charge is 2.46. The highest BCUT2D eigenvalue weighted by Crippen LogP contribution is 2.34. The fourth-order valence-electron chi connectivity index (χ4n) is 2.70. The van der Waals surface area contributed by atoms with Gasteiger partial charge in [-0.2, -0.15) is 0 Å². The summed E-state index contributed by atoms with van der Waals surface area (Å²) in [5.74, 6) is -1.29. The van der Waals surface area contributed by atoms with E-state index >= 15 is 0 Å². The van der Waals surface area contributed by atoms with Crippen molar-refractivity contribution in [3.8, 4) is 0 Å². The second-order valence-corrected chi connectivity index (χ2v) is 7.20. The van der Waals surface area contributed by atoms with Gasteiger partial charge in [0.25, 0.3) is 5.69 Å². The van der Waals surface area contributed by atoms with Crippen molar-refractivity contribution in [1.82, 2.24) is 4.90 Å².